The van der Waals surface area contributed by atoms with Gasteiger partial charge in [0.15, 0.2) is 5.75 Å². The molecule has 1 heterocycles. The molecule has 0 N–H and O–H groups in total. The van der Waals surface area contributed by atoms with Crippen LogP contribution < -0.4 is 4.74 Å². The molecule has 0 aliphatic heterocycles. The van der Waals surface area contributed by atoms with Gasteiger partial charge in [0.05, 0.1) is 10.6 Å². The Hall–Kier alpha value is -1.95. The van der Waals surface area contributed by atoms with Crippen molar-refractivity contribution in [2.24, 2.45) is 0 Å². The lowest BCUT2D eigenvalue weighted by molar-refractivity contribution is -0.385. The van der Waals surface area contributed by atoms with E-state index in [9.17, 15) is 10.1 Å². The summed E-state index contributed by atoms with van der Waals surface area (Å²) in [7, 11) is 0. The Labute approximate surface area is 112 Å². The van der Waals surface area contributed by atoms with Gasteiger partial charge < -0.3 is 4.74 Å². The molecule has 2 rings (SSSR count). The van der Waals surface area contributed by atoms with Crippen LogP contribution in [0.1, 0.15) is 5.69 Å². The number of pyridine rings is 1. The molecule has 0 spiro atoms. The first-order valence-corrected chi connectivity index (χ1v) is 5.93. The van der Waals surface area contributed by atoms with Gasteiger partial charge in [-0.1, -0.05) is 12.1 Å². The minimum atomic E-state index is -0.468. The van der Waals surface area contributed by atoms with Crippen LogP contribution in [0.3, 0.4) is 0 Å². The summed E-state index contributed by atoms with van der Waals surface area (Å²) < 4.78 is 6.28. The van der Waals surface area contributed by atoms with E-state index in [0.717, 1.165) is 4.47 Å². The van der Waals surface area contributed by atoms with Crippen LogP contribution in [0, 0.1) is 10.1 Å². The van der Waals surface area contributed by atoms with Gasteiger partial charge in [-0.15, -0.1) is 0 Å². The van der Waals surface area contributed by atoms with E-state index in [1.54, 1.807) is 30.5 Å². The molecular formula is C12H9BrN2O3. The zero-order valence-electron chi connectivity index (χ0n) is 9.25. The van der Waals surface area contributed by atoms with E-state index in [4.69, 9.17) is 4.74 Å². The highest BCUT2D eigenvalue weighted by Gasteiger charge is 2.13. The molecule has 0 saturated heterocycles. The van der Waals surface area contributed by atoms with E-state index in [2.05, 4.69) is 20.9 Å². The van der Waals surface area contributed by atoms with E-state index in [0.29, 0.717) is 5.69 Å². The van der Waals surface area contributed by atoms with E-state index < -0.39 is 4.92 Å². The van der Waals surface area contributed by atoms with E-state index >= 15 is 0 Å². The van der Waals surface area contributed by atoms with Crippen molar-refractivity contribution in [3.8, 4) is 5.75 Å². The molecule has 18 heavy (non-hydrogen) atoms. The number of nitro groups is 1. The second-order valence-corrected chi connectivity index (χ2v) is 4.40. The fourth-order valence-corrected chi connectivity index (χ4v) is 1.61. The Bertz CT molecular complexity index is 558. The maximum atomic E-state index is 10.8. The number of halogens is 1. The normalized spacial score (nSPS) is 10.1. The largest absolute Gasteiger partial charge is 0.480 e. The lowest BCUT2D eigenvalue weighted by Gasteiger charge is -2.05. The standard InChI is InChI=1S/C12H9BrN2O3/c13-9-5-6-10(14-7-9)8-18-12-4-2-1-3-11(12)15(16)17/h1-7H,8H2. The predicted octanol–water partition coefficient (Wildman–Crippen LogP) is 3.33. The third-order valence-corrected chi connectivity index (χ3v) is 2.70. The van der Waals surface area contributed by atoms with Crippen molar-refractivity contribution in [1.29, 1.82) is 0 Å². The maximum Gasteiger partial charge on any atom is 0.310 e. The summed E-state index contributed by atoms with van der Waals surface area (Å²) in [5.74, 6) is 0.243. The molecule has 0 fully saturated rings. The highest BCUT2D eigenvalue weighted by atomic mass is 79.9. The van der Waals surface area contributed by atoms with Crippen LogP contribution in [-0.2, 0) is 6.61 Å². The Morgan fingerprint density at radius 3 is 2.72 bits per heavy atom. The SMILES string of the molecule is O=[N+]([O-])c1ccccc1OCc1ccc(Br)cn1. The van der Waals surface area contributed by atoms with Gasteiger partial charge in [0, 0.05) is 16.7 Å². The van der Waals surface area contributed by atoms with Crippen LogP contribution >= 0.6 is 15.9 Å². The second kappa shape index (κ2) is 5.59. The Morgan fingerprint density at radius 1 is 1.28 bits per heavy atom. The molecule has 0 bridgehead atoms. The van der Waals surface area contributed by atoms with Crippen LogP contribution in [0.15, 0.2) is 47.1 Å². The van der Waals surface area contributed by atoms with Crippen LogP contribution in [0.5, 0.6) is 5.75 Å². The van der Waals surface area contributed by atoms with Crippen LogP contribution in [-0.4, -0.2) is 9.91 Å². The van der Waals surface area contributed by atoms with Crippen molar-refractivity contribution >= 4 is 21.6 Å². The first kappa shape index (κ1) is 12.5. The van der Waals surface area contributed by atoms with Crippen LogP contribution in [0.25, 0.3) is 0 Å². The van der Waals surface area contributed by atoms with E-state index in [1.165, 1.54) is 6.07 Å². The van der Waals surface area contributed by atoms with Crippen molar-refractivity contribution in [2.45, 2.75) is 6.61 Å². The minimum absolute atomic E-state index is 0.0467. The lowest BCUT2D eigenvalue weighted by atomic mass is 10.3. The molecule has 0 aliphatic rings. The summed E-state index contributed by atoms with van der Waals surface area (Å²) in [4.78, 5) is 14.4. The predicted molar refractivity (Wildman–Crippen MR) is 69.4 cm³/mol. The molecule has 1 aromatic carbocycles. The first-order valence-electron chi connectivity index (χ1n) is 5.13. The Kier molecular flexibility index (Phi) is 3.88. The van der Waals surface area contributed by atoms with Gasteiger partial charge in [0.1, 0.15) is 6.61 Å². The average Bonchev–Trinajstić information content (AvgIpc) is 2.38. The maximum absolute atomic E-state index is 10.8. The Morgan fingerprint density at radius 2 is 2.06 bits per heavy atom. The summed E-state index contributed by atoms with van der Waals surface area (Å²) >= 11 is 3.28. The van der Waals surface area contributed by atoms with E-state index in [-0.39, 0.29) is 18.0 Å². The average molecular weight is 309 g/mol. The molecule has 0 radical (unpaired) electrons. The Balaban J connectivity index is 2.10. The quantitative estimate of drug-likeness (QED) is 0.642. The van der Waals surface area contributed by atoms with Crippen LogP contribution in [0.2, 0.25) is 0 Å². The van der Waals surface area contributed by atoms with E-state index in [1.807, 2.05) is 6.07 Å². The number of benzene rings is 1. The number of aromatic nitrogens is 1. The molecular weight excluding hydrogens is 300 g/mol. The second-order valence-electron chi connectivity index (χ2n) is 3.48. The summed E-state index contributed by atoms with van der Waals surface area (Å²) in [6.07, 6.45) is 1.65. The molecule has 0 amide bonds. The van der Waals surface area contributed by atoms with Gasteiger partial charge in [-0.3, -0.25) is 15.1 Å². The molecule has 92 valence electrons. The summed E-state index contributed by atoms with van der Waals surface area (Å²) in [6, 6.07) is 9.89. The molecule has 0 saturated carbocycles. The van der Waals surface area contributed by atoms with Crippen molar-refractivity contribution < 1.29 is 9.66 Å². The third-order valence-electron chi connectivity index (χ3n) is 2.23. The highest BCUT2D eigenvalue weighted by molar-refractivity contribution is 9.10. The number of hydrogen-bond acceptors (Lipinski definition) is 4. The first-order chi connectivity index (χ1) is 8.66. The zero-order chi connectivity index (χ0) is 13.0. The number of ether oxygens (including phenoxy) is 1. The minimum Gasteiger partial charge on any atom is -0.480 e. The third kappa shape index (κ3) is 3.04. The number of nitro benzene ring substituents is 1. The summed E-state index contributed by atoms with van der Waals surface area (Å²) in [6.45, 7) is 0.193. The molecule has 0 atom stereocenters. The number of rotatable bonds is 4. The number of nitrogens with zero attached hydrogens (tertiary/aromatic N) is 2. The molecule has 0 unspecified atom stereocenters. The van der Waals surface area contributed by atoms with Crippen molar-refractivity contribution in [2.75, 3.05) is 0 Å². The van der Waals surface area contributed by atoms with Crippen molar-refractivity contribution in [1.82, 2.24) is 4.98 Å². The fourth-order valence-electron chi connectivity index (χ4n) is 1.37. The molecule has 2 aromatic rings. The molecule has 5 nitrogen and oxygen atoms in total. The summed E-state index contributed by atoms with van der Waals surface area (Å²) in [5.41, 5.74) is 0.658. The number of hydrogen-bond donors (Lipinski definition) is 0. The van der Waals surface area contributed by atoms with Gasteiger partial charge in [-0.05, 0) is 34.1 Å². The van der Waals surface area contributed by atoms with Gasteiger partial charge in [-0.25, -0.2) is 0 Å². The molecule has 6 heteroatoms. The molecule has 1 aromatic heterocycles. The topological polar surface area (TPSA) is 65.3 Å². The number of para-hydroxylation sites is 2. The van der Waals surface area contributed by atoms with Crippen molar-refractivity contribution in [3.05, 3.63) is 62.9 Å². The van der Waals surface area contributed by atoms with Gasteiger partial charge >= 0.3 is 5.69 Å². The molecule has 0 aliphatic carbocycles. The fraction of sp³-hybridized carbons (Fsp3) is 0.0833. The monoisotopic (exact) mass is 308 g/mol. The smallest absolute Gasteiger partial charge is 0.310 e. The van der Waals surface area contributed by atoms with Gasteiger partial charge in [-0.2, -0.15) is 0 Å². The zero-order valence-corrected chi connectivity index (χ0v) is 10.8. The van der Waals surface area contributed by atoms with Crippen molar-refractivity contribution in [3.63, 3.8) is 0 Å². The van der Waals surface area contributed by atoms with Gasteiger partial charge in [0.2, 0.25) is 0 Å². The highest BCUT2D eigenvalue weighted by Crippen LogP contribution is 2.26. The lowest BCUT2D eigenvalue weighted by Crippen LogP contribution is -2.00. The summed E-state index contributed by atoms with van der Waals surface area (Å²) in [5, 5.41) is 10.8. The van der Waals surface area contributed by atoms with Gasteiger partial charge in [0.25, 0.3) is 0 Å². The van der Waals surface area contributed by atoms with Crippen LogP contribution in [0.4, 0.5) is 5.69 Å².